The van der Waals surface area contributed by atoms with Crippen molar-refractivity contribution in [2.45, 2.75) is 19.9 Å². The highest BCUT2D eigenvalue weighted by Gasteiger charge is 2.07. The first-order chi connectivity index (χ1) is 9.10. The highest BCUT2D eigenvalue weighted by Crippen LogP contribution is 2.20. The van der Waals surface area contributed by atoms with E-state index in [-0.39, 0.29) is 0 Å². The van der Waals surface area contributed by atoms with Crippen molar-refractivity contribution < 1.29 is 0 Å². The molecule has 2 rings (SSSR count). The van der Waals surface area contributed by atoms with Gasteiger partial charge >= 0.3 is 0 Å². The normalized spacial score (nSPS) is 10.5. The van der Waals surface area contributed by atoms with Gasteiger partial charge in [0.25, 0.3) is 0 Å². The number of hydrogen-bond acceptors (Lipinski definition) is 3. The predicted octanol–water partition coefficient (Wildman–Crippen LogP) is 3.52. The van der Waals surface area contributed by atoms with E-state index in [1.54, 1.807) is 12.1 Å². The number of benzene rings is 1. The van der Waals surface area contributed by atoms with Crippen LogP contribution in [-0.4, -0.2) is 12.0 Å². The van der Waals surface area contributed by atoms with Crippen LogP contribution < -0.4 is 10.6 Å². The molecule has 0 bridgehead atoms. The zero-order valence-electron chi connectivity index (χ0n) is 11.2. The van der Waals surface area contributed by atoms with Crippen LogP contribution in [0.25, 0.3) is 0 Å². The van der Waals surface area contributed by atoms with Gasteiger partial charge in [-0.15, -0.1) is 0 Å². The minimum atomic E-state index is 0.495. The van der Waals surface area contributed by atoms with Gasteiger partial charge in [0.1, 0.15) is 5.82 Å². The minimum Gasteiger partial charge on any atom is -0.384 e. The fourth-order valence-electron chi connectivity index (χ4n) is 1.91. The Morgan fingerprint density at radius 2 is 1.84 bits per heavy atom. The molecule has 1 aromatic heterocycles. The molecule has 0 spiro atoms. The monoisotopic (exact) mass is 275 g/mol. The van der Waals surface area contributed by atoms with Gasteiger partial charge < -0.3 is 10.6 Å². The van der Waals surface area contributed by atoms with Crippen LogP contribution in [-0.2, 0) is 13.0 Å². The lowest BCUT2D eigenvalue weighted by Gasteiger charge is -2.20. The fraction of sp³-hybridized carbons (Fsp3) is 0.267. The van der Waals surface area contributed by atoms with Crippen molar-refractivity contribution in [1.29, 1.82) is 0 Å². The number of rotatable bonds is 4. The lowest BCUT2D eigenvalue weighted by molar-refractivity contribution is 0.887. The number of halogens is 1. The van der Waals surface area contributed by atoms with Crippen molar-refractivity contribution in [3.63, 3.8) is 0 Å². The summed E-state index contributed by atoms with van der Waals surface area (Å²) in [6.07, 6.45) is 1.05. The second-order valence-corrected chi connectivity index (χ2v) is 4.95. The summed E-state index contributed by atoms with van der Waals surface area (Å²) in [7, 11) is 2.02. The van der Waals surface area contributed by atoms with E-state index in [2.05, 4.69) is 41.1 Å². The molecular weight excluding hydrogens is 258 g/mol. The predicted molar refractivity (Wildman–Crippen MR) is 81.6 cm³/mol. The molecule has 4 heteroatoms. The molecule has 0 aliphatic heterocycles. The SMILES string of the molecule is CCc1ccc(N(C)Cc2nc(N)ccc2Cl)cc1. The van der Waals surface area contributed by atoms with E-state index < -0.39 is 0 Å². The van der Waals surface area contributed by atoms with Crippen LogP contribution in [0.5, 0.6) is 0 Å². The lowest BCUT2D eigenvalue weighted by Crippen LogP contribution is -2.17. The highest BCUT2D eigenvalue weighted by molar-refractivity contribution is 6.31. The molecule has 0 radical (unpaired) electrons. The molecule has 1 heterocycles. The number of pyridine rings is 1. The molecule has 0 amide bonds. The molecule has 2 N–H and O–H groups in total. The van der Waals surface area contributed by atoms with Crippen molar-refractivity contribution in [2.24, 2.45) is 0 Å². The molecule has 0 unspecified atom stereocenters. The number of nitrogens with zero attached hydrogens (tertiary/aromatic N) is 2. The van der Waals surface area contributed by atoms with Crippen molar-refractivity contribution >= 4 is 23.1 Å². The van der Waals surface area contributed by atoms with E-state index in [4.69, 9.17) is 17.3 Å². The van der Waals surface area contributed by atoms with E-state index in [9.17, 15) is 0 Å². The van der Waals surface area contributed by atoms with Crippen molar-refractivity contribution in [3.05, 3.63) is 52.7 Å². The Hall–Kier alpha value is -1.74. The van der Waals surface area contributed by atoms with Crippen LogP contribution in [0.1, 0.15) is 18.2 Å². The number of nitrogen functional groups attached to an aromatic ring is 1. The summed E-state index contributed by atoms with van der Waals surface area (Å²) in [5, 5.41) is 0.645. The third-order valence-corrected chi connectivity index (χ3v) is 3.46. The van der Waals surface area contributed by atoms with Gasteiger partial charge in [0, 0.05) is 12.7 Å². The van der Waals surface area contributed by atoms with E-state index in [0.29, 0.717) is 17.4 Å². The maximum Gasteiger partial charge on any atom is 0.123 e. The Morgan fingerprint density at radius 3 is 2.47 bits per heavy atom. The Kier molecular flexibility index (Phi) is 4.27. The summed E-state index contributed by atoms with van der Waals surface area (Å²) in [6, 6.07) is 12.0. The van der Waals surface area contributed by atoms with Gasteiger partial charge in [-0.2, -0.15) is 0 Å². The van der Waals surface area contributed by atoms with Crippen molar-refractivity contribution in [1.82, 2.24) is 4.98 Å². The van der Waals surface area contributed by atoms with Gasteiger partial charge in [0.15, 0.2) is 0 Å². The fourth-order valence-corrected chi connectivity index (χ4v) is 2.08. The first-order valence-corrected chi connectivity index (χ1v) is 6.69. The van der Waals surface area contributed by atoms with E-state index >= 15 is 0 Å². The molecule has 0 fully saturated rings. The van der Waals surface area contributed by atoms with E-state index in [1.807, 2.05) is 7.05 Å². The number of hydrogen-bond donors (Lipinski definition) is 1. The van der Waals surface area contributed by atoms with Gasteiger partial charge in [-0.1, -0.05) is 30.7 Å². The molecule has 0 aliphatic carbocycles. The number of aromatic nitrogens is 1. The topological polar surface area (TPSA) is 42.2 Å². The third kappa shape index (κ3) is 3.38. The largest absolute Gasteiger partial charge is 0.384 e. The number of nitrogens with two attached hydrogens (primary N) is 1. The van der Waals surface area contributed by atoms with Crippen LogP contribution in [0, 0.1) is 0 Å². The first-order valence-electron chi connectivity index (χ1n) is 6.31. The molecule has 0 aliphatic rings. The quantitative estimate of drug-likeness (QED) is 0.928. The minimum absolute atomic E-state index is 0.495. The molecule has 1 aromatic carbocycles. The van der Waals surface area contributed by atoms with Gasteiger partial charge in [0.2, 0.25) is 0 Å². The molecule has 100 valence electrons. The van der Waals surface area contributed by atoms with Gasteiger partial charge in [0.05, 0.1) is 17.3 Å². The third-order valence-electron chi connectivity index (χ3n) is 3.11. The van der Waals surface area contributed by atoms with E-state index in [0.717, 1.165) is 17.8 Å². The van der Waals surface area contributed by atoms with Crippen molar-refractivity contribution in [2.75, 3.05) is 17.7 Å². The lowest BCUT2D eigenvalue weighted by atomic mass is 10.1. The summed E-state index contributed by atoms with van der Waals surface area (Å²) in [5.74, 6) is 0.495. The molecule has 0 atom stereocenters. The summed E-state index contributed by atoms with van der Waals surface area (Å²) in [6.45, 7) is 2.78. The van der Waals surface area contributed by atoms with E-state index in [1.165, 1.54) is 5.56 Å². The summed E-state index contributed by atoms with van der Waals surface area (Å²) < 4.78 is 0. The van der Waals surface area contributed by atoms with Crippen LogP contribution in [0.15, 0.2) is 36.4 Å². The molecule has 2 aromatic rings. The zero-order valence-corrected chi connectivity index (χ0v) is 12.0. The molecule has 0 saturated heterocycles. The average molecular weight is 276 g/mol. The van der Waals surface area contributed by atoms with Crippen molar-refractivity contribution in [3.8, 4) is 0 Å². The second-order valence-electron chi connectivity index (χ2n) is 4.54. The molecule has 3 nitrogen and oxygen atoms in total. The summed E-state index contributed by atoms with van der Waals surface area (Å²) >= 11 is 6.13. The standard InChI is InChI=1S/C15H18ClN3/c1-3-11-4-6-12(7-5-11)19(2)10-14-13(16)8-9-15(17)18-14/h4-9H,3,10H2,1-2H3,(H2,17,18). The number of aryl methyl sites for hydroxylation is 1. The molecule has 19 heavy (non-hydrogen) atoms. The first kappa shape index (κ1) is 13.7. The maximum atomic E-state index is 6.13. The van der Waals surface area contributed by atoms with Crippen LogP contribution in [0.3, 0.4) is 0 Å². The average Bonchev–Trinajstić information content (AvgIpc) is 2.43. The second kappa shape index (κ2) is 5.93. The van der Waals surface area contributed by atoms with Gasteiger partial charge in [-0.25, -0.2) is 4.98 Å². The summed E-state index contributed by atoms with van der Waals surface area (Å²) in [4.78, 5) is 6.38. The van der Waals surface area contributed by atoms with Crippen LogP contribution in [0.2, 0.25) is 5.02 Å². The molecule has 0 saturated carbocycles. The highest BCUT2D eigenvalue weighted by atomic mass is 35.5. The summed E-state index contributed by atoms with van der Waals surface area (Å²) in [5.41, 5.74) is 8.95. The Bertz CT molecular complexity index is 552. The van der Waals surface area contributed by atoms with Crippen LogP contribution in [0.4, 0.5) is 11.5 Å². The Labute approximate surface area is 119 Å². The smallest absolute Gasteiger partial charge is 0.123 e. The molecular formula is C15H18ClN3. The Balaban J connectivity index is 2.15. The maximum absolute atomic E-state index is 6.13. The van der Waals surface area contributed by atoms with Crippen LogP contribution >= 0.6 is 11.6 Å². The van der Waals surface area contributed by atoms with Gasteiger partial charge in [-0.05, 0) is 36.2 Å². The van der Waals surface area contributed by atoms with Gasteiger partial charge in [-0.3, -0.25) is 0 Å². The number of anilines is 2. The Morgan fingerprint density at radius 1 is 1.16 bits per heavy atom. The zero-order chi connectivity index (χ0) is 13.8.